The molecule has 49 heavy (non-hydrogen) atoms. The van der Waals surface area contributed by atoms with E-state index in [2.05, 4.69) is 16.0 Å². The molecule has 0 radical (unpaired) electrons. The van der Waals surface area contributed by atoms with Crippen molar-refractivity contribution in [2.24, 2.45) is 0 Å². The van der Waals surface area contributed by atoms with Crippen molar-refractivity contribution in [1.82, 2.24) is 5.32 Å². The zero-order valence-corrected chi connectivity index (χ0v) is 28.4. The molecular formula is C38H33N3O6S2. The lowest BCUT2D eigenvalue weighted by atomic mass is 10.0. The Kier molecular flexibility index (Phi) is 12.0. The van der Waals surface area contributed by atoms with E-state index in [1.54, 1.807) is 92.9 Å². The summed E-state index contributed by atoms with van der Waals surface area (Å²) < 4.78 is 10.6. The molecule has 1 heterocycles. The van der Waals surface area contributed by atoms with Gasteiger partial charge >= 0.3 is 5.97 Å². The molecule has 1 aromatic heterocycles. The molecule has 9 nitrogen and oxygen atoms in total. The largest absolute Gasteiger partial charge is 0.497 e. The van der Waals surface area contributed by atoms with Gasteiger partial charge in [0.1, 0.15) is 22.0 Å². The molecule has 248 valence electrons. The van der Waals surface area contributed by atoms with Crippen molar-refractivity contribution < 1.29 is 28.7 Å². The van der Waals surface area contributed by atoms with Gasteiger partial charge in [0.15, 0.2) is 0 Å². The van der Waals surface area contributed by atoms with Gasteiger partial charge in [0.05, 0.1) is 19.5 Å². The minimum atomic E-state index is -0.537. The zero-order chi connectivity index (χ0) is 34.6. The molecule has 0 bridgehead atoms. The standard InChI is InChI=1S/C38H33N3O6S2/c1-3-47-38(45)34-31(26-13-6-4-7-14-26)23-49-37(34)41-33(42)24-48-30-19-11-17-28(22-30)39-36(44)32(21-25-12-10-18-29(20-25)46-2)40-35(43)27-15-8-5-9-16-27/h4-23H,3,24H2,1-2H3,(H,39,44)(H,40,43)(H,41,42)/b32-21-. The normalized spacial score (nSPS) is 10.9. The summed E-state index contributed by atoms with van der Waals surface area (Å²) in [4.78, 5) is 53.2. The lowest BCUT2D eigenvalue weighted by Crippen LogP contribution is -2.30. The van der Waals surface area contributed by atoms with Gasteiger partial charge in [0.2, 0.25) is 5.91 Å². The number of hydrogen-bond acceptors (Lipinski definition) is 8. The molecule has 5 aromatic rings. The fourth-order valence-corrected chi connectivity index (χ4v) is 6.43. The molecule has 0 spiro atoms. The maximum absolute atomic E-state index is 13.5. The number of hydrogen-bond donors (Lipinski definition) is 3. The molecule has 0 aliphatic heterocycles. The highest BCUT2D eigenvalue weighted by molar-refractivity contribution is 8.00. The Morgan fingerprint density at radius 1 is 0.837 bits per heavy atom. The first-order valence-corrected chi connectivity index (χ1v) is 17.1. The number of methoxy groups -OCH3 is 1. The van der Waals surface area contributed by atoms with Gasteiger partial charge in [0.25, 0.3) is 11.8 Å². The van der Waals surface area contributed by atoms with Gasteiger partial charge in [-0.2, -0.15) is 0 Å². The van der Waals surface area contributed by atoms with Crippen LogP contribution in [0.25, 0.3) is 17.2 Å². The third kappa shape index (κ3) is 9.47. The Morgan fingerprint density at radius 2 is 1.57 bits per heavy atom. The monoisotopic (exact) mass is 691 g/mol. The zero-order valence-electron chi connectivity index (χ0n) is 26.7. The van der Waals surface area contributed by atoms with Crippen LogP contribution < -0.4 is 20.7 Å². The number of thiophene rings is 1. The Labute approximate surface area is 292 Å². The van der Waals surface area contributed by atoms with Gasteiger partial charge in [-0.3, -0.25) is 14.4 Å². The van der Waals surface area contributed by atoms with Crippen LogP contribution >= 0.6 is 23.1 Å². The van der Waals surface area contributed by atoms with Gasteiger partial charge in [-0.15, -0.1) is 23.1 Å². The predicted octanol–water partition coefficient (Wildman–Crippen LogP) is 7.74. The van der Waals surface area contributed by atoms with Crippen molar-refractivity contribution in [2.75, 3.05) is 30.1 Å². The highest BCUT2D eigenvalue weighted by Crippen LogP contribution is 2.36. The average Bonchev–Trinajstić information content (AvgIpc) is 3.55. The summed E-state index contributed by atoms with van der Waals surface area (Å²) in [5.41, 5.74) is 3.40. The van der Waals surface area contributed by atoms with Gasteiger partial charge < -0.3 is 25.4 Å². The lowest BCUT2D eigenvalue weighted by Gasteiger charge is -2.12. The van der Waals surface area contributed by atoms with Gasteiger partial charge in [-0.1, -0.05) is 66.7 Å². The van der Waals surface area contributed by atoms with Crippen molar-refractivity contribution in [1.29, 1.82) is 0 Å². The first-order valence-electron chi connectivity index (χ1n) is 15.2. The van der Waals surface area contributed by atoms with Crippen LogP contribution in [0.4, 0.5) is 10.7 Å². The smallest absolute Gasteiger partial charge is 0.341 e. The van der Waals surface area contributed by atoms with Crippen LogP contribution in [0.5, 0.6) is 5.75 Å². The summed E-state index contributed by atoms with van der Waals surface area (Å²) >= 11 is 2.53. The number of rotatable bonds is 13. The predicted molar refractivity (Wildman–Crippen MR) is 195 cm³/mol. The van der Waals surface area contributed by atoms with Gasteiger partial charge in [-0.25, -0.2) is 4.79 Å². The minimum absolute atomic E-state index is 0.0303. The highest BCUT2D eigenvalue weighted by Gasteiger charge is 2.23. The van der Waals surface area contributed by atoms with Crippen LogP contribution in [0.15, 0.2) is 125 Å². The number of benzene rings is 4. The van der Waals surface area contributed by atoms with Crippen LogP contribution in [0.3, 0.4) is 0 Å². The first-order chi connectivity index (χ1) is 23.8. The fraction of sp³-hybridized carbons (Fsp3) is 0.105. The number of thioether (sulfide) groups is 1. The van der Waals surface area contributed by atoms with Crippen molar-refractivity contribution in [2.45, 2.75) is 11.8 Å². The third-order valence-electron chi connectivity index (χ3n) is 7.00. The molecule has 0 saturated carbocycles. The Hall–Kier alpha value is -5.65. The SMILES string of the molecule is CCOC(=O)c1c(-c2ccccc2)csc1NC(=O)CSc1cccc(NC(=O)/C(=C/c2cccc(OC)c2)NC(=O)c2ccccc2)c1. The molecule has 4 aromatic carbocycles. The number of nitrogens with one attached hydrogen (secondary N) is 3. The molecular weight excluding hydrogens is 659 g/mol. The van der Waals surface area contributed by atoms with E-state index in [4.69, 9.17) is 9.47 Å². The van der Waals surface area contributed by atoms with E-state index in [9.17, 15) is 19.2 Å². The van der Waals surface area contributed by atoms with Crippen LogP contribution in [-0.4, -0.2) is 43.2 Å². The quantitative estimate of drug-likeness (QED) is 0.0656. The van der Waals surface area contributed by atoms with Crippen LogP contribution in [-0.2, 0) is 14.3 Å². The Morgan fingerprint density at radius 3 is 2.31 bits per heavy atom. The Balaban J connectivity index is 1.28. The van der Waals surface area contributed by atoms with E-state index in [-0.39, 0.29) is 24.0 Å². The summed E-state index contributed by atoms with van der Waals surface area (Å²) in [6, 6.07) is 32.2. The molecule has 5 rings (SSSR count). The maximum Gasteiger partial charge on any atom is 0.341 e. The van der Waals surface area contributed by atoms with E-state index < -0.39 is 17.8 Å². The molecule has 0 aliphatic rings. The number of carbonyl (C=O) groups excluding carboxylic acids is 4. The molecule has 0 atom stereocenters. The van der Waals surface area contributed by atoms with Crippen molar-refractivity contribution in [3.63, 3.8) is 0 Å². The van der Waals surface area contributed by atoms with Gasteiger partial charge in [-0.05, 0) is 66.6 Å². The average molecular weight is 692 g/mol. The van der Waals surface area contributed by atoms with Crippen LogP contribution in [0.2, 0.25) is 0 Å². The number of carbonyl (C=O) groups is 4. The molecule has 3 amide bonds. The number of anilines is 2. The second-order valence-electron chi connectivity index (χ2n) is 10.4. The van der Waals surface area contributed by atoms with E-state index in [0.29, 0.717) is 38.7 Å². The van der Waals surface area contributed by atoms with Crippen molar-refractivity contribution in [3.8, 4) is 16.9 Å². The van der Waals surface area contributed by atoms with E-state index in [0.717, 1.165) is 10.5 Å². The van der Waals surface area contributed by atoms with Crippen molar-refractivity contribution >= 4 is 63.6 Å². The summed E-state index contributed by atoms with van der Waals surface area (Å²) in [5.74, 6) is -1.14. The summed E-state index contributed by atoms with van der Waals surface area (Å²) in [6.45, 7) is 1.94. The molecule has 0 fully saturated rings. The topological polar surface area (TPSA) is 123 Å². The Bertz CT molecular complexity index is 1980. The molecule has 0 saturated heterocycles. The minimum Gasteiger partial charge on any atom is -0.497 e. The van der Waals surface area contributed by atoms with Crippen LogP contribution in [0, 0.1) is 0 Å². The van der Waals surface area contributed by atoms with Crippen molar-refractivity contribution in [3.05, 3.63) is 137 Å². The van der Waals surface area contributed by atoms with E-state index in [1.807, 2.05) is 41.8 Å². The van der Waals surface area contributed by atoms with E-state index >= 15 is 0 Å². The van der Waals surface area contributed by atoms with Gasteiger partial charge in [0, 0.05) is 27.1 Å². The number of ether oxygens (including phenoxy) is 2. The van der Waals surface area contributed by atoms with Crippen LogP contribution in [0.1, 0.15) is 33.2 Å². The summed E-state index contributed by atoms with van der Waals surface area (Å²) in [7, 11) is 1.55. The van der Waals surface area contributed by atoms with E-state index in [1.165, 1.54) is 23.1 Å². The molecule has 3 N–H and O–H groups in total. The second-order valence-corrected chi connectivity index (χ2v) is 12.3. The summed E-state index contributed by atoms with van der Waals surface area (Å²) in [6.07, 6.45) is 1.57. The molecule has 11 heteroatoms. The summed E-state index contributed by atoms with van der Waals surface area (Å²) in [5, 5.41) is 10.7. The molecule has 0 unspecified atom stereocenters. The second kappa shape index (κ2) is 17.0. The number of amides is 3. The fourth-order valence-electron chi connectivity index (χ4n) is 4.70. The lowest BCUT2D eigenvalue weighted by molar-refractivity contribution is -0.114. The maximum atomic E-state index is 13.5. The highest BCUT2D eigenvalue weighted by atomic mass is 32.2. The first kappa shape index (κ1) is 34.7. The number of esters is 1. The third-order valence-corrected chi connectivity index (χ3v) is 8.89. The molecule has 0 aliphatic carbocycles.